The summed E-state index contributed by atoms with van der Waals surface area (Å²) in [6, 6.07) is 79.5. The van der Waals surface area contributed by atoms with Crippen molar-refractivity contribution in [3.05, 3.63) is 224 Å². The van der Waals surface area contributed by atoms with Crippen LogP contribution in [-0.2, 0) is 0 Å². The van der Waals surface area contributed by atoms with E-state index in [0.29, 0.717) is 17.5 Å². The van der Waals surface area contributed by atoms with E-state index in [0.717, 1.165) is 49.7 Å². The summed E-state index contributed by atoms with van der Waals surface area (Å²) in [5.74, 6) is 1.87. The van der Waals surface area contributed by atoms with Crippen molar-refractivity contribution in [1.29, 1.82) is 0 Å². The molecule has 0 saturated heterocycles. The highest BCUT2D eigenvalue weighted by Gasteiger charge is 2.19. The molecular weight excluding hydrogens is 727 g/mol. The summed E-state index contributed by atoms with van der Waals surface area (Å²) in [6.07, 6.45) is 0. The van der Waals surface area contributed by atoms with Gasteiger partial charge in [-0.2, -0.15) is 0 Å². The van der Waals surface area contributed by atoms with Crippen LogP contribution >= 0.6 is 0 Å². The molecule has 280 valence electrons. The van der Waals surface area contributed by atoms with Gasteiger partial charge in [0.25, 0.3) is 0 Å². The second-order valence-electron chi connectivity index (χ2n) is 15.2. The Kier molecular flexibility index (Phi) is 8.83. The van der Waals surface area contributed by atoms with E-state index in [1.807, 2.05) is 0 Å². The molecule has 0 aliphatic rings. The van der Waals surface area contributed by atoms with Gasteiger partial charge < -0.3 is 0 Å². The van der Waals surface area contributed by atoms with Gasteiger partial charge in [-0.25, -0.2) is 15.0 Å². The van der Waals surface area contributed by atoms with Crippen LogP contribution in [0.4, 0.5) is 0 Å². The number of rotatable bonds is 7. The van der Waals surface area contributed by atoms with Crippen molar-refractivity contribution in [3.8, 4) is 78.7 Å². The monoisotopic (exact) mass is 763 g/mol. The maximum absolute atomic E-state index is 5.34. The van der Waals surface area contributed by atoms with Crippen LogP contribution in [0.1, 0.15) is 0 Å². The fraction of sp³-hybridized carbons (Fsp3) is 0. The summed E-state index contributed by atoms with van der Waals surface area (Å²) >= 11 is 0. The second kappa shape index (κ2) is 15.1. The second-order valence-corrected chi connectivity index (χ2v) is 15.2. The minimum absolute atomic E-state index is 0.621. The predicted octanol–water partition coefficient (Wildman–Crippen LogP) is 15.0. The third kappa shape index (κ3) is 6.49. The zero-order valence-corrected chi connectivity index (χ0v) is 32.7. The maximum atomic E-state index is 5.34. The van der Waals surface area contributed by atoms with E-state index in [4.69, 9.17) is 15.0 Å². The lowest BCUT2D eigenvalue weighted by atomic mass is 9.94. The van der Waals surface area contributed by atoms with Gasteiger partial charge in [0.05, 0.1) is 0 Å². The Bertz CT molecular complexity index is 3360. The molecule has 0 unspecified atom stereocenters. The van der Waals surface area contributed by atoms with Crippen LogP contribution in [0.25, 0.3) is 111 Å². The number of hydrogen-bond donors (Lipinski definition) is 0. The summed E-state index contributed by atoms with van der Waals surface area (Å²) in [5.41, 5.74) is 12.0. The van der Waals surface area contributed by atoms with E-state index < -0.39 is 0 Å². The first-order valence-corrected chi connectivity index (χ1v) is 20.3. The number of fused-ring (bicyclic) bond motifs is 3. The smallest absolute Gasteiger partial charge is 0.164 e. The van der Waals surface area contributed by atoms with Crippen LogP contribution in [0.2, 0.25) is 0 Å². The summed E-state index contributed by atoms with van der Waals surface area (Å²) in [6.45, 7) is 0. The van der Waals surface area contributed by atoms with Crippen molar-refractivity contribution in [2.24, 2.45) is 0 Å². The van der Waals surface area contributed by atoms with Gasteiger partial charge in [0.2, 0.25) is 0 Å². The van der Waals surface area contributed by atoms with Gasteiger partial charge in [-0.15, -0.1) is 0 Å². The molecule has 1 aromatic heterocycles. The molecule has 11 aromatic rings. The average molecular weight is 764 g/mol. The first kappa shape index (κ1) is 35.2. The predicted molar refractivity (Wildman–Crippen MR) is 250 cm³/mol. The molecule has 11 rings (SSSR count). The summed E-state index contributed by atoms with van der Waals surface area (Å²) in [4.78, 5) is 15.9. The quantitative estimate of drug-likeness (QED) is 0.162. The van der Waals surface area contributed by atoms with E-state index in [9.17, 15) is 0 Å². The highest BCUT2D eigenvalue weighted by atomic mass is 15.0. The van der Waals surface area contributed by atoms with Crippen molar-refractivity contribution in [1.82, 2.24) is 15.0 Å². The number of nitrogens with zero attached hydrogens (tertiary/aromatic N) is 3. The Morgan fingerprint density at radius 1 is 0.200 bits per heavy atom. The minimum Gasteiger partial charge on any atom is -0.208 e. The van der Waals surface area contributed by atoms with Gasteiger partial charge in [-0.05, 0) is 89.0 Å². The molecular formula is C57H37N3. The summed E-state index contributed by atoms with van der Waals surface area (Å²) in [7, 11) is 0. The van der Waals surface area contributed by atoms with Crippen LogP contribution in [0.5, 0.6) is 0 Å². The van der Waals surface area contributed by atoms with E-state index in [1.165, 1.54) is 43.8 Å². The highest BCUT2D eigenvalue weighted by Crippen LogP contribution is 2.39. The van der Waals surface area contributed by atoms with E-state index in [2.05, 4.69) is 224 Å². The SMILES string of the molecule is c1ccc(-c2ccc3cc(-c4nc(-c5ccccc5-c5ccc(-c6cccc7ccccc67)cc5)nc(-c5ccccc5-c5cccc6ccccc56)n4)ccc3c2)cc1. The van der Waals surface area contributed by atoms with Gasteiger partial charge in [-0.3, -0.25) is 0 Å². The zero-order chi connectivity index (χ0) is 39.8. The Balaban J connectivity index is 1.07. The van der Waals surface area contributed by atoms with Crippen LogP contribution in [0.15, 0.2) is 224 Å². The zero-order valence-electron chi connectivity index (χ0n) is 32.7. The topological polar surface area (TPSA) is 38.7 Å². The highest BCUT2D eigenvalue weighted by molar-refractivity contribution is 6.00. The standard InChI is InChI=1S/C57H37N3/c1-2-14-38(15-3-1)43-32-33-45-37-46(35-34-44(45)36-43)55-58-56(60-57(59-55)54-25-11-9-23-52(54)51-27-13-19-40-17-5-7-21-49(40)51)53-24-10-8-22-50(53)42-30-28-41(29-31-42)48-26-12-18-39-16-4-6-20-47(39)48/h1-37H. The summed E-state index contributed by atoms with van der Waals surface area (Å²) in [5, 5.41) is 7.13. The third-order valence-corrected chi connectivity index (χ3v) is 11.6. The molecule has 0 aliphatic heterocycles. The fourth-order valence-corrected chi connectivity index (χ4v) is 8.55. The molecule has 0 N–H and O–H groups in total. The molecule has 0 fully saturated rings. The molecule has 0 amide bonds. The Morgan fingerprint density at radius 3 is 1.28 bits per heavy atom. The molecule has 1 heterocycles. The lowest BCUT2D eigenvalue weighted by molar-refractivity contribution is 1.08. The van der Waals surface area contributed by atoms with Gasteiger partial charge >= 0.3 is 0 Å². The Morgan fingerprint density at radius 2 is 0.617 bits per heavy atom. The van der Waals surface area contributed by atoms with Crippen molar-refractivity contribution in [2.75, 3.05) is 0 Å². The average Bonchev–Trinajstić information content (AvgIpc) is 3.33. The molecule has 0 spiro atoms. The van der Waals surface area contributed by atoms with Crippen molar-refractivity contribution in [2.45, 2.75) is 0 Å². The fourth-order valence-electron chi connectivity index (χ4n) is 8.55. The Labute approximate surface area is 349 Å². The van der Waals surface area contributed by atoms with Crippen molar-refractivity contribution < 1.29 is 0 Å². The van der Waals surface area contributed by atoms with E-state index in [-0.39, 0.29) is 0 Å². The molecule has 0 bridgehead atoms. The molecule has 10 aromatic carbocycles. The molecule has 3 nitrogen and oxygen atoms in total. The Hall–Kier alpha value is -8.01. The van der Waals surface area contributed by atoms with Crippen molar-refractivity contribution in [3.63, 3.8) is 0 Å². The molecule has 60 heavy (non-hydrogen) atoms. The van der Waals surface area contributed by atoms with Crippen LogP contribution < -0.4 is 0 Å². The normalized spacial score (nSPS) is 11.3. The largest absolute Gasteiger partial charge is 0.208 e. The lowest BCUT2D eigenvalue weighted by Crippen LogP contribution is -2.02. The number of hydrogen-bond acceptors (Lipinski definition) is 3. The van der Waals surface area contributed by atoms with Crippen LogP contribution in [-0.4, -0.2) is 15.0 Å². The molecule has 0 atom stereocenters. The molecule has 0 aliphatic carbocycles. The summed E-state index contributed by atoms with van der Waals surface area (Å²) < 4.78 is 0. The lowest BCUT2D eigenvalue weighted by Gasteiger charge is -2.15. The van der Waals surface area contributed by atoms with Gasteiger partial charge in [0.1, 0.15) is 0 Å². The number of aromatic nitrogens is 3. The van der Waals surface area contributed by atoms with Gasteiger partial charge in [0.15, 0.2) is 17.5 Å². The minimum atomic E-state index is 0.621. The van der Waals surface area contributed by atoms with Crippen LogP contribution in [0.3, 0.4) is 0 Å². The first-order valence-electron chi connectivity index (χ1n) is 20.3. The third-order valence-electron chi connectivity index (χ3n) is 11.6. The van der Waals surface area contributed by atoms with Crippen LogP contribution in [0, 0.1) is 0 Å². The number of benzene rings is 10. The van der Waals surface area contributed by atoms with E-state index in [1.54, 1.807) is 0 Å². The van der Waals surface area contributed by atoms with Gasteiger partial charge in [0, 0.05) is 16.7 Å². The van der Waals surface area contributed by atoms with E-state index >= 15 is 0 Å². The van der Waals surface area contributed by atoms with Crippen molar-refractivity contribution >= 4 is 32.3 Å². The maximum Gasteiger partial charge on any atom is 0.164 e. The van der Waals surface area contributed by atoms with Gasteiger partial charge in [-0.1, -0.05) is 212 Å². The molecule has 0 saturated carbocycles. The first-order chi connectivity index (χ1) is 29.7. The molecule has 3 heteroatoms. The molecule has 0 radical (unpaired) electrons.